The van der Waals surface area contributed by atoms with Crippen LogP contribution in [0, 0.1) is 11.8 Å². The number of amides is 1. The Bertz CT molecular complexity index is 255. The average molecular weight is 214 g/mol. The van der Waals surface area contributed by atoms with Crippen LogP contribution in [0.3, 0.4) is 0 Å². The van der Waals surface area contributed by atoms with Gasteiger partial charge in [0.2, 0.25) is 5.91 Å². The zero-order valence-corrected chi connectivity index (χ0v) is 9.37. The van der Waals surface area contributed by atoms with E-state index in [1.165, 1.54) is 7.11 Å². The minimum Gasteiger partial charge on any atom is -0.467 e. The number of esters is 1. The predicted octanol–water partition coefficient (Wildman–Crippen LogP) is -0.480. The molecule has 1 rings (SSSR count). The Morgan fingerprint density at radius 3 is 2.60 bits per heavy atom. The molecule has 1 heterocycles. The lowest BCUT2D eigenvalue weighted by atomic mass is 9.97. The maximum absolute atomic E-state index is 11.7. The normalized spacial score (nSPS) is 27.1. The van der Waals surface area contributed by atoms with Gasteiger partial charge in [0.05, 0.1) is 13.0 Å². The average Bonchev–Trinajstić information content (AvgIpc) is 2.63. The van der Waals surface area contributed by atoms with E-state index in [-0.39, 0.29) is 11.8 Å². The SMILES string of the molecule is COC(=O)[C@H](C)NC(=O)[C@@H]1CNC[C@H]1C. The fraction of sp³-hybridized carbons (Fsp3) is 0.800. The summed E-state index contributed by atoms with van der Waals surface area (Å²) in [4.78, 5) is 22.8. The number of hydrogen-bond donors (Lipinski definition) is 2. The second-order valence-corrected chi connectivity index (χ2v) is 4.00. The first-order chi connectivity index (χ1) is 7.06. The van der Waals surface area contributed by atoms with Crippen LogP contribution in [0.2, 0.25) is 0 Å². The molecular formula is C10H18N2O3. The van der Waals surface area contributed by atoms with Crippen molar-refractivity contribution in [1.29, 1.82) is 0 Å². The molecule has 0 unspecified atom stereocenters. The summed E-state index contributed by atoms with van der Waals surface area (Å²) in [7, 11) is 1.31. The number of rotatable bonds is 3. The highest BCUT2D eigenvalue weighted by Gasteiger charge is 2.31. The third-order valence-corrected chi connectivity index (χ3v) is 2.77. The molecule has 0 aliphatic carbocycles. The molecular weight excluding hydrogens is 196 g/mol. The Kier molecular flexibility index (Phi) is 4.08. The molecule has 86 valence electrons. The van der Waals surface area contributed by atoms with Gasteiger partial charge in [0.15, 0.2) is 0 Å². The van der Waals surface area contributed by atoms with Gasteiger partial charge in [-0.05, 0) is 19.4 Å². The van der Waals surface area contributed by atoms with E-state index in [4.69, 9.17) is 0 Å². The maximum Gasteiger partial charge on any atom is 0.328 e. The Balaban J connectivity index is 2.44. The fourth-order valence-electron chi connectivity index (χ4n) is 1.72. The number of carbonyl (C=O) groups is 2. The van der Waals surface area contributed by atoms with E-state index >= 15 is 0 Å². The second kappa shape index (κ2) is 5.11. The van der Waals surface area contributed by atoms with Gasteiger partial charge in [0.25, 0.3) is 0 Å². The molecule has 0 spiro atoms. The van der Waals surface area contributed by atoms with Crippen molar-refractivity contribution >= 4 is 11.9 Å². The number of ether oxygens (including phenoxy) is 1. The van der Waals surface area contributed by atoms with Gasteiger partial charge in [-0.1, -0.05) is 6.92 Å². The predicted molar refractivity (Wildman–Crippen MR) is 55.1 cm³/mol. The molecule has 5 nitrogen and oxygen atoms in total. The van der Waals surface area contributed by atoms with Gasteiger partial charge in [0.1, 0.15) is 6.04 Å². The third kappa shape index (κ3) is 2.92. The minimum atomic E-state index is -0.574. The smallest absolute Gasteiger partial charge is 0.328 e. The highest BCUT2D eigenvalue weighted by molar-refractivity contribution is 5.85. The first-order valence-corrected chi connectivity index (χ1v) is 5.15. The van der Waals surface area contributed by atoms with Gasteiger partial charge in [-0.15, -0.1) is 0 Å². The van der Waals surface area contributed by atoms with Crippen LogP contribution < -0.4 is 10.6 Å². The zero-order chi connectivity index (χ0) is 11.4. The second-order valence-electron chi connectivity index (χ2n) is 4.00. The van der Waals surface area contributed by atoms with Crippen LogP contribution in [0.5, 0.6) is 0 Å². The van der Waals surface area contributed by atoms with Crippen molar-refractivity contribution in [3.05, 3.63) is 0 Å². The molecule has 1 saturated heterocycles. The number of methoxy groups -OCH3 is 1. The van der Waals surface area contributed by atoms with E-state index in [1.807, 2.05) is 6.92 Å². The van der Waals surface area contributed by atoms with Crippen LogP contribution in [0.1, 0.15) is 13.8 Å². The van der Waals surface area contributed by atoms with E-state index < -0.39 is 12.0 Å². The Hall–Kier alpha value is -1.10. The summed E-state index contributed by atoms with van der Waals surface area (Å²) >= 11 is 0. The summed E-state index contributed by atoms with van der Waals surface area (Å²) in [6, 6.07) is -0.574. The van der Waals surface area contributed by atoms with Crippen molar-refractivity contribution in [1.82, 2.24) is 10.6 Å². The van der Waals surface area contributed by atoms with Gasteiger partial charge in [-0.2, -0.15) is 0 Å². The van der Waals surface area contributed by atoms with Crippen molar-refractivity contribution in [2.24, 2.45) is 11.8 Å². The maximum atomic E-state index is 11.7. The molecule has 1 amide bonds. The number of hydrogen-bond acceptors (Lipinski definition) is 4. The summed E-state index contributed by atoms with van der Waals surface area (Å²) in [6.45, 7) is 5.18. The Morgan fingerprint density at radius 2 is 2.13 bits per heavy atom. The van der Waals surface area contributed by atoms with Gasteiger partial charge in [0, 0.05) is 6.54 Å². The molecule has 2 N–H and O–H groups in total. The zero-order valence-electron chi connectivity index (χ0n) is 9.37. The summed E-state index contributed by atoms with van der Waals surface area (Å²) in [5, 5.41) is 5.79. The largest absolute Gasteiger partial charge is 0.467 e. The number of nitrogens with one attached hydrogen (secondary N) is 2. The van der Waals surface area contributed by atoms with Crippen LogP contribution in [-0.2, 0) is 14.3 Å². The van der Waals surface area contributed by atoms with Crippen molar-refractivity contribution < 1.29 is 14.3 Å². The standard InChI is InChI=1S/C10H18N2O3/c1-6-4-11-5-8(6)9(13)12-7(2)10(14)15-3/h6-8,11H,4-5H2,1-3H3,(H,12,13)/t6-,7+,8-/m1/s1. The first-order valence-electron chi connectivity index (χ1n) is 5.15. The third-order valence-electron chi connectivity index (χ3n) is 2.77. The van der Waals surface area contributed by atoms with Crippen LogP contribution in [0.15, 0.2) is 0 Å². The molecule has 0 radical (unpaired) electrons. The highest BCUT2D eigenvalue weighted by Crippen LogP contribution is 2.15. The molecule has 0 saturated carbocycles. The van der Waals surface area contributed by atoms with Crippen LogP contribution in [0.4, 0.5) is 0 Å². The van der Waals surface area contributed by atoms with Crippen molar-refractivity contribution in [3.8, 4) is 0 Å². The topological polar surface area (TPSA) is 67.4 Å². The quantitative estimate of drug-likeness (QED) is 0.623. The molecule has 1 fully saturated rings. The fourth-order valence-corrected chi connectivity index (χ4v) is 1.72. The summed E-state index contributed by atoms with van der Waals surface area (Å²) in [6.07, 6.45) is 0. The molecule has 0 aromatic rings. The summed E-state index contributed by atoms with van der Waals surface area (Å²) < 4.78 is 4.53. The van der Waals surface area contributed by atoms with Crippen LogP contribution >= 0.6 is 0 Å². The van der Waals surface area contributed by atoms with Gasteiger partial charge < -0.3 is 15.4 Å². The molecule has 1 aliphatic rings. The van der Waals surface area contributed by atoms with E-state index in [0.717, 1.165) is 6.54 Å². The first kappa shape index (κ1) is 12.0. The molecule has 15 heavy (non-hydrogen) atoms. The van der Waals surface area contributed by atoms with Gasteiger partial charge in [-0.25, -0.2) is 4.79 Å². The van der Waals surface area contributed by atoms with Gasteiger partial charge in [-0.3, -0.25) is 4.79 Å². The summed E-state index contributed by atoms with van der Waals surface area (Å²) in [5.74, 6) is -0.223. The van der Waals surface area contributed by atoms with E-state index in [0.29, 0.717) is 12.5 Å². The van der Waals surface area contributed by atoms with Crippen molar-refractivity contribution in [2.75, 3.05) is 20.2 Å². The van der Waals surface area contributed by atoms with Crippen molar-refractivity contribution in [3.63, 3.8) is 0 Å². The lowest BCUT2D eigenvalue weighted by Crippen LogP contribution is -2.43. The van der Waals surface area contributed by atoms with E-state index in [2.05, 4.69) is 15.4 Å². The van der Waals surface area contributed by atoms with E-state index in [9.17, 15) is 9.59 Å². The highest BCUT2D eigenvalue weighted by atomic mass is 16.5. The monoisotopic (exact) mass is 214 g/mol. The minimum absolute atomic E-state index is 0.0443. The lowest BCUT2D eigenvalue weighted by molar-refractivity contribution is -0.145. The molecule has 0 bridgehead atoms. The van der Waals surface area contributed by atoms with Crippen molar-refractivity contribution in [2.45, 2.75) is 19.9 Å². The molecule has 0 aromatic heterocycles. The molecule has 3 atom stereocenters. The molecule has 0 aromatic carbocycles. The van der Waals surface area contributed by atoms with Gasteiger partial charge >= 0.3 is 5.97 Å². The lowest BCUT2D eigenvalue weighted by Gasteiger charge is -2.17. The Morgan fingerprint density at radius 1 is 1.47 bits per heavy atom. The number of carbonyl (C=O) groups excluding carboxylic acids is 2. The summed E-state index contributed by atoms with van der Waals surface area (Å²) in [5.41, 5.74) is 0. The molecule has 5 heteroatoms. The van der Waals surface area contributed by atoms with E-state index in [1.54, 1.807) is 6.92 Å². The Labute approximate surface area is 89.6 Å². The molecule has 1 aliphatic heterocycles. The van der Waals surface area contributed by atoms with Crippen LogP contribution in [-0.4, -0.2) is 38.1 Å². The van der Waals surface area contributed by atoms with Crippen LogP contribution in [0.25, 0.3) is 0 Å².